The number of fused-ring (bicyclic) bond motifs is 1. The van der Waals surface area contributed by atoms with Crippen LogP contribution in [0.3, 0.4) is 0 Å². The van der Waals surface area contributed by atoms with Crippen molar-refractivity contribution in [3.8, 4) is 5.75 Å². The van der Waals surface area contributed by atoms with Crippen molar-refractivity contribution >= 4 is 23.1 Å². The number of ether oxygens (including phenoxy) is 1. The molecule has 0 bridgehead atoms. The molecule has 164 valence electrons. The number of nitrogens with one attached hydrogen (secondary N) is 1. The second kappa shape index (κ2) is 7.69. The lowest BCUT2D eigenvalue weighted by molar-refractivity contribution is -0.141. The van der Waals surface area contributed by atoms with E-state index in [1.54, 1.807) is 6.07 Å². The Morgan fingerprint density at radius 2 is 2.06 bits per heavy atom. The average Bonchev–Trinajstić information content (AvgIpc) is 2.99. The zero-order chi connectivity index (χ0) is 22.3. The number of nitrogens with two attached hydrogens (primary N) is 1. The van der Waals surface area contributed by atoms with E-state index in [2.05, 4.69) is 25.3 Å². The normalized spacial score (nSPS) is 18.8. The van der Waals surface area contributed by atoms with Crippen LogP contribution in [0.5, 0.6) is 5.75 Å². The second-order valence-corrected chi connectivity index (χ2v) is 7.49. The summed E-state index contributed by atoms with van der Waals surface area (Å²) in [6.45, 7) is 0. The largest absolute Gasteiger partial charge is 0.488 e. The summed E-state index contributed by atoms with van der Waals surface area (Å²) in [7, 11) is 4.00. The lowest BCUT2D eigenvalue weighted by Crippen LogP contribution is -2.46. The van der Waals surface area contributed by atoms with E-state index >= 15 is 0 Å². The molecule has 0 spiro atoms. The van der Waals surface area contributed by atoms with Gasteiger partial charge in [0.25, 0.3) is 5.91 Å². The molecular formula is C19H20F3N7O2. The number of aromatic nitrogens is 4. The number of nitrogen functional groups attached to an aromatic ring is 1. The molecule has 3 N–H and O–H groups in total. The number of anilines is 2. The number of alkyl halides is 3. The van der Waals surface area contributed by atoms with E-state index < -0.39 is 17.8 Å². The van der Waals surface area contributed by atoms with Gasteiger partial charge in [-0.1, -0.05) is 0 Å². The number of hydrogen-bond acceptors (Lipinski definition) is 7. The Balaban J connectivity index is 1.58. The Bertz CT molecular complexity index is 1120. The number of amides is 1. The Kier molecular flexibility index (Phi) is 5.17. The highest BCUT2D eigenvalue weighted by atomic mass is 19.4. The predicted molar refractivity (Wildman–Crippen MR) is 106 cm³/mol. The number of nitrogens with zero attached hydrogens (tertiary/aromatic N) is 5. The Hall–Kier alpha value is -3.41. The summed E-state index contributed by atoms with van der Waals surface area (Å²) < 4.78 is 46.1. The van der Waals surface area contributed by atoms with E-state index in [9.17, 15) is 18.0 Å². The van der Waals surface area contributed by atoms with Crippen molar-refractivity contribution < 1.29 is 22.7 Å². The van der Waals surface area contributed by atoms with Crippen LogP contribution in [0.25, 0.3) is 5.65 Å². The third-order valence-corrected chi connectivity index (χ3v) is 5.15. The van der Waals surface area contributed by atoms with Crippen molar-refractivity contribution in [2.45, 2.75) is 31.2 Å². The van der Waals surface area contributed by atoms with Gasteiger partial charge < -0.3 is 20.7 Å². The van der Waals surface area contributed by atoms with Gasteiger partial charge in [0.05, 0.1) is 6.20 Å². The molecule has 9 nitrogen and oxygen atoms in total. The first-order chi connectivity index (χ1) is 14.6. The van der Waals surface area contributed by atoms with Gasteiger partial charge in [0.1, 0.15) is 28.8 Å². The van der Waals surface area contributed by atoms with Crippen molar-refractivity contribution in [2.75, 3.05) is 25.1 Å². The van der Waals surface area contributed by atoms with Crippen LogP contribution >= 0.6 is 0 Å². The summed E-state index contributed by atoms with van der Waals surface area (Å²) in [5.41, 5.74) is 4.34. The molecule has 0 unspecified atom stereocenters. The van der Waals surface area contributed by atoms with Crippen LogP contribution in [0.1, 0.15) is 28.9 Å². The molecule has 0 atom stereocenters. The topological polar surface area (TPSA) is 111 Å². The van der Waals surface area contributed by atoms with E-state index in [0.29, 0.717) is 11.8 Å². The lowest BCUT2D eigenvalue weighted by atomic mass is 9.88. The molecule has 4 rings (SSSR count). The number of rotatable bonds is 5. The van der Waals surface area contributed by atoms with Crippen LogP contribution in [0.2, 0.25) is 0 Å². The summed E-state index contributed by atoms with van der Waals surface area (Å²) in [5, 5.41) is 6.47. The molecule has 1 aliphatic rings. The van der Waals surface area contributed by atoms with Gasteiger partial charge in [-0.2, -0.15) is 13.2 Å². The van der Waals surface area contributed by atoms with Crippen molar-refractivity contribution in [3.63, 3.8) is 0 Å². The lowest BCUT2D eigenvalue weighted by Gasteiger charge is -2.39. The molecular weight excluding hydrogens is 415 g/mol. The molecule has 1 fully saturated rings. The molecule has 0 radical (unpaired) electrons. The maximum Gasteiger partial charge on any atom is 0.433 e. The fraction of sp³-hybridized carbons (Fsp3) is 0.368. The maximum atomic E-state index is 13.0. The SMILES string of the molecule is CN(C)[C@H]1C[C@H](Oc2ccncc2NC(=O)c2c(N)nn3ccc(C(F)(F)F)nc23)C1. The fourth-order valence-corrected chi connectivity index (χ4v) is 3.32. The molecule has 0 saturated heterocycles. The second-order valence-electron chi connectivity index (χ2n) is 7.49. The van der Waals surface area contributed by atoms with Gasteiger partial charge in [-0.3, -0.25) is 9.78 Å². The van der Waals surface area contributed by atoms with E-state index in [1.807, 2.05) is 14.1 Å². The molecule has 3 aromatic rings. The van der Waals surface area contributed by atoms with Crippen LogP contribution < -0.4 is 15.8 Å². The first kappa shape index (κ1) is 20.8. The minimum absolute atomic E-state index is 0.0106. The van der Waals surface area contributed by atoms with Crippen LogP contribution in [-0.4, -0.2) is 56.6 Å². The number of pyridine rings is 1. The predicted octanol–water partition coefficient (Wildman–Crippen LogP) is 2.45. The van der Waals surface area contributed by atoms with E-state index in [-0.39, 0.29) is 28.8 Å². The molecule has 3 heterocycles. The van der Waals surface area contributed by atoms with E-state index in [1.165, 1.54) is 12.4 Å². The number of carbonyl (C=O) groups is 1. The quantitative estimate of drug-likeness (QED) is 0.633. The zero-order valence-electron chi connectivity index (χ0n) is 16.7. The van der Waals surface area contributed by atoms with Gasteiger partial charge in [0.2, 0.25) is 0 Å². The number of carbonyl (C=O) groups excluding carboxylic acids is 1. The maximum absolute atomic E-state index is 13.0. The average molecular weight is 435 g/mol. The first-order valence-electron chi connectivity index (χ1n) is 9.44. The van der Waals surface area contributed by atoms with Gasteiger partial charge in [0.15, 0.2) is 11.5 Å². The highest BCUT2D eigenvalue weighted by molar-refractivity contribution is 6.12. The molecule has 0 aliphatic heterocycles. The summed E-state index contributed by atoms with van der Waals surface area (Å²) in [5.74, 6) is -0.606. The van der Waals surface area contributed by atoms with E-state index in [0.717, 1.165) is 29.6 Å². The summed E-state index contributed by atoms with van der Waals surface area (Å²) in [6, 6.07) is 2.80. The third-order valence-electron chi connectivity index (χ3n) is 5.15. The third kappa shape index (κ3) is 4.10. The summed E-state index contributed by atoms with van der Waals surface area (Å²) >= 11 is 0. The molecule has 1 amide bonds. The molecule has 1 saturated carbocycles. The Labute approximate surface area is 175 Å². The minimum atomic E-state index is -4.67. The number of halogens is 3. The Morgan fingerprint density at radius 3 is 2.74 bits per heavy atom. The monoisotopic (exact) mass is 435 g/mol. The molecule has 12 heteroatoms. The highest BCUT2D eigenvalue weighted by Gasteiger charge is 2.34. The minimum Gasteiger partial charge on any atom is -0.488 e. The smallest absolute Gasteiger partial charge is 0.433 e. The van der Waals surface area contributed by atoms with Crippen LogP contribution in [0, 0.1) is 0 Å². The van der Waals surface area contributed by atoms with Crippen LogP contribution in [-0.2, 0) is 6.18 Å². The standard InChI is InChI=1S/C19H20F3N7O2/c1-28(2)10-7-11(8-10)31-13-3-5-24-9-12(13)25-18(30)15-16(23)27-29-6-4-14(19(20,21)22)26-17(15)29/h3-6,9-11H,7-8H2,1-2H3,(H2,23,27)(H,25,30)/t10-,11-. The van der Waals surface area contributed by atoms with Gasteiger partial charge >= 0.3 is 6.18 Å². The van der Waals surface area contributed by atoms with Crippen LogP contribution in [0.15, 0.2) is 30.7 Å². The van der Waals surface area contributed by atoms with Gasteiger partial charge in [0, 0.05) is 24.5 Å². The van der Waals surface area contributed by atoms with Crippen molar-refractivity contribution in [1.29, 1.82) is 0 Å². The van der Waals surface area contributed by atoms with Gasteiger partial charge in [-0.25, -0.2) is 9.50 Å². The zero-order valence-corrected chi connectivity index (χ0v) is 16.7. The van der Waals surface area contributed by atoms with Crippen molar-refractivity contribution in [3.05, 3.63) is 42.0 Å². The fourth-order valence-electron chi connectivity index (χ4n) is 3.32. The van der Waals surface area contributed by atoms with Crippen molar-refractivity contribution in [1.82, 2.24) is 24.5 Å². The molecule has 1 aliphatic carbocycles. The molecule has 31 heavy (non-hydrogen) atoms. The van der Waals surface area contributed by atoms with Crippen LogP contribution in [0.4, 0.5) is 24.7 Å². The Morgan fingerprint density at radius 1 is 1.32 bits per heavy atom. The first-order valence-corrected chi connectivity index (χ1v) is 9.44. The molecule has 3 aromatic heterocycles. The van der Waals surface area contributed by atoms with Gasteiger partial charge in [-0.15, -0.1) is 5.10 Å². The van der Waals surface area contributed by atoms with Crippen molar-refractivity contribution in [2.24, 2.45) is 0 Å². The summed E-state index contributed by atoms with van der Waals surface area (Å²) in [6.07, 6.45) is 0.964. The van der Waals surface area contributed by atoms with Gasteiger partial charge in [-0.05, 0) is 33.0 Å². The molecule has 0 aromatic carbocycles. The van der Waals surface area contributed by atoms with E-state index in [4.69, 9.17) is 10.5 Å². The number of hydrogen-bond donors (Lipinski definition) is 2. The summed E-state index contributed by atoms with van der Waals surface area (Å²) in [4.78, 5) is 22.5. The highest BCUT2D eigenvalue weighted by Crippen LogP contribution is 2.33.